The third-order valence-electron chi connectivity index (χ3n) is 4.94. The van der Waals surface area contributed by atoms with Crippen LogP contribution in [0.2, 0.25) is 0 Å². The van der Waals surface area contributed by atoms with E-state index < -0.39 is 0 Å². The van der Waals surface area contributed by atoms with Crippen molar-refractivity contribution in [1.29, 1.82) is 0 Å². The second-order valence-electron chi connectivity index (χ2n) is 7.01. The Balaban J connectivity index is 1.60. The second-order valence-corrected chi connectivity index (χ2v) is 7.01. The maximum atomic E-state index is 14.0. The van der Waals surface area contributed by atoms with E-state index >= 15 is 0 Å². The molecule has 7 nitrogen and oxygen atoms in total. The van der Waals surface area contributed by atoms with Crippen LogP contribution in [0.15, 0.2) is 30.3 Å². The molecule has 2 aromatic heterocycles. The lowest BCUT2D eigenvalue weighted by Gasteiger charge is -2.34. The molecule has 1 aliphatic heterocycles. The fourth-order valence-electron chi connectivity index (χ4n) is 3.53. The zero-order chi connectivity index (χ0) is 19.0. The number of anilines is 2. The molecule has 0 spiro atoms. The van der Waals surface area contributed by atoms with Gasteiger partial charge in [-0.15, -0.1) is 14.8 Å². The summed E-state index contributed by atoms with van der Waals surface area (Å²) < 4.78 is 15.5. The standard InChI is InChI=1S/C19H23FN6O/c1-12(21-18-5-6-19-22-13(2)23-26(19)24-18)16-11-14(20)3-4-17(16)25-9-7-15(27)8-10-25/h3-6,11-12,15,27H,7-10H2,1-2H3,(H,21,24). The molecule has 1 aliphatic rings. The van der Waals surface area contributed by atoms with Crippen molar-refractivity contribution < 1.29 is 9.50 Å². The molecule has 0 radical (unpaired) electrons. The van der Waals surface area contributed by atoms with E-state index in [1.165, 1.54) is 10.7 Å². The number of nitrogens with zero attached hydrogens (tertiary/aromatic N) is 5. The lowest BCUT2D eigenvalue weighted by atomic mass is 10.0. The van der Waals surface area contributed by atoms with E-state index in [-0.39, 0.29) is 18.0 Å². The van der Waals surface area contributed by atoms with E-state index in [1.807, 2.05) is 32.0 Å². The number of hydrogen-bond donors (Lipinski definition) is 2. The van der Waals surface area contributed by atoms with E-state index in [4.69, 9.17) is 0 Å². The van der Waals surface area contributed by atoms with Gasteiger partial charge in [0.05, 0.1) is 12.1 Å². The zero-order valence-corrected chi connectivity index (χ0v) is 15.4. The summed E-state index contributed by atoms with van der Waals surface area (Å²) in [6, 6.07) is 8.40. The van der Waals surface area contributed by atoms with Gasteiger partial charge in [-0.05, 0) is 57.0 Å². The van der Waals surface area contributed by atoms with Gasteiger partial charge in [0, 0.05) is 24.3 Å². The summed E-state index contributed by atoms with van der Waals surface area (Å²) in [5.74, 6) is 1.03. The number of aliphatic hydroxyl groups is 1. The number of aromatic nitrogens is 4. The minimum atomic E-state index is -0.269. The SMILES string of the molecule is Cc1nc2ccc(NC(C)c3cc(F)ccc3N3CCC(O)CC3)nn2n1. The first kappa shape index (κ1) is 17.7. The average Bonchev–Trinajstić information content (AvgIpc) is 3.02. The lowest BCUT2D eigenvalue weighted by Crippen LogP contribution is -2.36. The van der Waals surface area contributed by atoms with Gasteiger partial charge in [-0.2, -0.15) is 0 Å². The fourth-order valence-corrected chi connectivity index (χ4v) is 3.53. The van der Waals surface area contributed by atoms with Crippen molar-refractivity contribution in [2.45, 2.75) is 38.8 Å². The molecule has 1 atom stereocenters. The van der Waals surface area contributed by atoms with Gasteiger partial charge in [-0.25, -0.2) is 9.37 Å². The van der Waals surface area contributed by atoms with Crippen molar-refractivity contribution in [2.24, 2.45) is 0 Å². The van der Waals surface area contributed by atoms with Crippen LogP contribution in [0.4, 0.5) is 15.9 Å². The van der Waals surface area contributed by atoms with Crippen LogP contribution in [-0.4, -0.2) is 44.1 Å². The van der Waals surface area contributed by atoms with E-state index in [0.29, 0.717) is 17.3 Å². The predicted molar refractivity (Wildman–Crippen MR) is 101 cm³/mol. The zero-order valence-electron chi connectivity index (χ0n) is 15.4. The molecule has 3 aromatic rings. The smallest absolute Gasteiger partial charge is 0.176 e. The Hall–Kier alpha value is -2.74. The largest absolute Gasteiger partial charge is 0.393 e. The summed E-state index contributed by atoms with van der Waals surface area (Å²) in [7, 11) is 0. The quantitative estimate of drug-likeness (QED) is 0.735. The van der Waals surface area contributed by atoms with Crippen LogP contribution in [0.25, 0.3) is 5.65 Å². The van der Waals surface area contributed by atoms with Crippen molar-refractivity contribution in [3.63, 3.8) is 0 Å². The number of piperidine rings is 1. The number of benzene rings is 1. The third kappa shape index (κ3) is 3.71. The van der Waals surface area contributed by atoms with E-state index in [2.05, 4.69) is 25.4 Å². The Morgan fingerprint density at radius 2 is 1.96 bits per heavy atom. The first-order valence-corrected chi connectivity index (χ1v) is 9.19. The van der Waals surface area contributed by atoms with Crippen LogP contribution < -0.4 is 10.2 Å². The first-order chi connectivity index (χ1) is 13.0. The maximum Gasteiger partial charge on any atom is 0.176 e. The molecule has 27 heavy (non-hydrogen) atoms. The van der Waals surface area contributed by atoms with E-state index in [9.17, 15) is 9.50 Å². The van der Waals surface area contributed by atoms with E-state index in [1.54, 1.807) is 6.07 Å². The van der Waals surface area contributed by atoms with Crippen LogP contribution in [0.5, 0.6) is 0 Å². The number of aryl methyl sites for hydroxylation is 1. The van der Waals surface area contributed by atoms with Gasteiger partial charge in [0.2, 0.25) is 0 Å². The van der Waals surface area contributed by atoms with Crippen LogP contribution in [-0.2, 0) is 0 Å². The van der Waals surface area contributed by atoms with Crippen LogP contribution >= 0.6 is 0 Å². The van der Waals surface area contributed by atoms with Gasteiger partial charge in [-0.1, -0.05) is 0 Å². The van der Waals surface area contributed by atoms with Crippen LogP contribution in [0.3, 0.4) is 0 Å². The number of halogens is 1. The molecule has 0 bridgehead atoms. The normalized spacial score (nSPS) is 16.7. The molecule has 0 aliphatic carbocycles. The summed E-state index contributed by atoms with van der Waals surface area (Å²) >= 11 is 0. The second kappa shape index (κ2) is 7.11. The Morgan fingerprint density at radius 1 is 1.19 bits per heavy atom. The molecular formula is C19H23FN6O. The number of aliphatic hydroxyl groups excluding tert-OH is 1. The molecule has 1 saturated heterocycles. The number of hydrogen-bond acceptors (Lipinski definition) is 6. The first-order valence-electron chi connectivity index (χ1n) is 9.19. The van der Waals surface area contributed by atoms with Crippen molar-refractivity contribution in [1.82, 2.24) is 19.8 Å². The van der Waals surface area contributed by atoms with Gasteiger partial charge >= 0.3 is 0 Å². The molecule has 8 heteroatoms. The molecule has 3 heterocycles. The van der Waals surface area contributed by atoms with E-state index in [0.717, 1.165) is 37.2 Å². The summed E-state index contributed by atoms with van der Waals surface area (Å²) in [5.41, 5.74) is 2.54. The number of rotatable bonds is 4. The molecular weight excluding hydrogens is 347 g/mol. The van der Waals surface area contributed by atoms with Gasteiger partial charge < -0.3 is 15.3 Å². The van der Waals surface area contributed by atoms with Gasteiger partial charge in [0.25, 0.3) is 0 Å². The minimum Gasteiger partial charge on any atom is -0.393 e. The summed E-state index contributed by atoms with van der Waals surface area (Å²) in [6.45, 7) is 5.32. The van der Waals surface area contributed by atoms with Crippen molar-refractivity contribution >= 4 is 17.2 Å². The number of nitrogens with one attached hydrogen (secondary N) is 1. The molecule has 2 N–H and O–H groups in total. The Bertz CT molecular complexity index is 951. The van der Waals surface area contributed by atoms with Gasteiger partial charge in [0.1, 0.15) is 17.5 Å². The van der Waals surface area contributed by atoms with Crippen molar-refractivity contribution in [3.8, 4) is 0 Å². The Morgan fingerprint density at radius 3 is 2.74 bits per heavy atom. The fraction of sp³-hybridized carbons (Fsp3) is 0.421. The van der Waals surface area contributed by atoms with Gasteiger partial charge in [-0.3, -0.25) is 0 Å². The molecule has 1 unspecified atom stereocenters. The Labute approximate surface area is 156 Å². The van der Waals surface area contributed by atoms with Crippen LogP contribution in [0, 0.1) is 12.7 Å². The summed E-state index contributed by atoms with van der Waals surface area (Å²) in [6.07, 6.45) is 1.20. The average molecular weight is 370 g/mol. The van der Waals surface area contributed by atoms with Crippen LogP contribution in [0.1, 0.15) is 37.2 Å². The highest BCUT2D eigenvalue weighted by atomic mass is 19.1. The van der Waals surface area contributed by atoms with Crippen molar-refractivity contribution in [3.05, 3.63) is 47.5 Å². The van der Waals surface area contributed by atoms with Gasteiger partial charge in [0.15, 0.2) is 5.65 Å². The minimum absolute atomic E-state index is 0.155. The molecule has 0 saturated carbocycles. The Kier molecular flexibility index (Phi) is 4.65. The molecule has 0 amide bonds. The lowest BCUT2D eigenvalue weighted by molar-refractivity contribution is 0.145. The molecule has 1 aromatic carbocycles. The monoisotopic (exact) mass is 370 g/mol. The van der Waals surface area contributed by atoms with Crippen molar-refractivity contribution in [2.75, 3.05) is 23.3 Å². The summed E-state index contributed by atoms with van der Waals surface area (Å²) in [4.78, 5) is 6.47. The molecule has 1 fully saturated rings. The number of fused-ring (bicyclic) bond motifs is 1. The molecule has 142 valence electrons. The topological polar surface area (TPSA) is 78.6 Å². The highest BCUT2D eigenvalue weighted by Gasteiger charge is 2.22. The maximum absolute atomic E-state index is 14.0. The summed E-state index contributed by atoms with van der Waals surface area (Å²) in [5, 5.41) is 21.7. The molecule has 4 rings (SSSR count). The highest BCUT2D eigenvalue weighted by molar-refractivity contribution is 5.57. The predicted octanol–water partition coefficient (Wildman–Crippen LogP) is 2.71. The highest BCUT2D eigenvalue weighted by Crippen LogP contribution is 2.31. The third-order valence-corrected chi connectivity index (χ3v) is 4.94.